The molecule has 2 aliphatic carbocycles. The van der Waals surface area contributed by atoms with Crippen molar-refractivity contribution < 1.29 is 53.6 Å². The third kappa shape index (κ3) is 11.4. The standard InChI is InChI=1S/C49H59N5O12/c1-3-25-63-49-44(53(21-26-62-27-24-57)47(58)35-15-11-33(31-50)12-16-35)30-42(52-64-32-34-13-17-37(18-14-34)54(60)61)40-28-36(9-5-7-22-55)39(10-6-8-23-56)45(46(40)49)41-29-38(19-20-43(41)66-49)65-48(59)51-4-2/h3,11-20,28-29,36,39,44-46,55-57H,1,4-10,21-27,30,32H2,2H3,(H,51,59). The Hall–Kier alpha value is -6.16. The predicted molar refractivity (Wildman–Crippen MR) is 243 cm³/mol. The van der Waals surface area contributed by atoms with Gasteiger partial charge in [0.25, 0.3) is 11.6 Å². The molecule has 1 heterocycles. The van der Waals surface area contributed by atoms with Crippen LogP contribution >= 0.6 is 0 Å². The minimum Gasteiger partial charge on any atom is -0.459 e. The van der Waals surface area contributed by atoms with Gasteiger partial charge in [-0.3, -0.25) is 14.9 Å². The molecule has 0 saturated heterocycles. The first-order valence-electron chi connectivity index (χ1n) is 22.5. The summed E-state index contributed by atoms with van der Waals surface area (Å²) >= 11 is 0. The van der Waals surface area contributed by atoms with Crippen molar-refractivity contribution in [3.8, 4) is 17.6 Å². The van der Waals surface area contributed by atoms with Crippen LogP contribution in [0, 0.1) is 39.2 Å². The number of ether oxygens (including phenoxy) is 4. The number of fused-ring (bicyclic) bond motifs is 2. The summed E-state index contributed by atoms with van der Waals surface area (Å²) in [4.78, 5) is 46.5. The van der Waals surface area contributed by atoms with E-state index in [-0.39, 0.29) is 82.5 Å². The van der Waals surface area contributed by atoms with Crippen molar-refractivity contribution >= 4 is 23.4 Å². The molecule has 66 heavy (non-hydrogen) atoms. The van der Waals surface area contributed by atoms with Gasteiger partial charge in [-0.25, -0.2) is 4.79 Å². The average molecular weight is 910 g/mol. The lowest BCUT2D eigenvalue weighted by Crippen LogP contribution is -2.70. The van der Waals surface area contributed by atoms with Gasteiger partial charge in [-0.1, -0.05) is 30.1 Å². The number of nitro groups is 1. The number of nitrogens with one attached hydrogen (secondary N) is 1. The summed E-state index contributed by atoms with van der Waals surface area (Å²) in [5.41, 5.74) is 3.24. The van der Waals surface area contributed by atoms with Crippen molar-refractivity contribution in [2.24, 2.45) is 22.9 Å². The minimum atomic E-state index is -1.62. The first-order valence-corrected chi connectivity index (χ1v) is 22.5. The lowest BCUT2D eigenvalue weighted by atomic mass is 9.55. The second-order valence-corrected chi connectivity index (χ2v) is 16.4. The maximum atomic E-state index is 15.1. The van der Waals surface area contributed by atoms with Crippen molar-refractivity contribution in [1.29, 1.82) is 5.26 Å². The molecule has 0 aromatic heterocycles. The van der Waals surface area contributed by atoms with Crippen LogP contribution in [-0.4, -0.2) is 107 Å². The highest BCUT2D eigenvalue weighted by molar-refractivity contribution is 6.03. The smallest absolute Gasteiger partial charge is 0.412 e. The van der Waals surface area contributed by atoms with E-state index in [1.807, 2.05) is 6.07 Å². The second kappa shape index (κ2) is 23.9. The van der Waals surface area contributed by atoms with Gasteiger partial charge in [0.15, 0.2) is 0 Å². The third-order valence-electron chi connectivity index (χ3n) is 12.3. The number of aliphatic hydroxyl groups excluding tert-OH is 3. The Balaban J connectivity index is 1.60. The Morgan fingerprint density at radius 3 is 2.44 bits per heavy atom. The quantitative estimate of drug-likeness (QED) is 0.0323. The number of benzene rings is 3. The molecule has 0 bridgehead atoms. The highest BCUT2D eigenvalue weighted by Gasteiger charge is 2.65. The number of aliphatic hydroxyl groups is 3. The van der Waals surface area contributed by atoms with Gasteiger partial charge in [0.05, 0.1) is 54.6 Å². The number of rotatable bonds is 24. The van der Waals surface area contributed by atoms with Crippen molar-refractivity contribution in [1.82, 2.24) is 10.2 Å². The number of hydrogen-bond donors (Lipinski definition) is 4. The predicted octanol–water partition coefficient (Wildman–Crippen LogP) is 6.56. The molecule has 4 N–H and O–H groups in total. The van der Waals surface area contributed by atoms with Crippen LogP contribution < -0.4 is 14.8 Å². The molecule has 3 aromatic rings. The van der Waals surface area contributed by atoms with Crippen LogP contribution in [0.15, 0.2) is 96.2 Å². The molecule has 0 spiro atoms. The normalized spacial score (nSPS) is 22.1. The molecule has 1 fully saturated rings. The zero-order chi connectivity index (χ0) is 47.1. The van der Waals surface area contributed by atoms with Crippen molar-refractivity contribution in [3.05, 3.63) is 123 Å². The Kier molecular flexibility index (Phi) is 17.8. The number of carbonyl (C=O) groups excluding carboxylic acids is 2. The molecular weight excluding hydrogens is 851 g/mol. The maximum absolute atomic E-state index is 15.1. The van der Waals surface area contributed by atoms with Gasteiger partial charge in [-0.15, -0.1) is 6.58 Å². The van der Waals surface area contributed by atoms with Gasteiger partial charge in [0.2, 0.25) is 5.79 Å². The number of allylic oxidation sites excluding steroid dienone is 1. The highest BCUT2D eigenvalue weighted by atomic mass is 16.7. The SMILES string of the molecule is C=CCOC12Oc3ccc(OC(=O)NCC)cc3C3C(CCCCO)C(CCCCO)C=C(C(=NOCc4ccc([N+](=O)[O-])cc4)CC1N(CCOCCO)C(=O)c1ccc(C#N)cc1)C32. The Bertz CT molecular complexity index is 2240. The van der Waals surface area contributed by atoms with Crippen LogP contribution in [0.3, 0.4) is 0 Å². The number of carbonyl (C=O) groups is 2. The van der Waals surface area contributed by atoms with Gasteiger partial charge in [-0.2, -0.15) is 5.26 Å². The maximum Gasteiger partial charge on any atom is 0.412 e. The number of amides is 2. The van der Waals surface area contributed by atoms with E-state index in [1.54, 1.807) is 66.4 Å². The number of nitrogens with zero attached hydrogens (tertiary/aromatic N) is 4. The van der Waals surface area contributed by atoms with Crippen LogP contribution in [0.5, 0.6) is 11.5 Å². The van der Waals surface area contributed by atoms with E-state index in [1.165, 1.54) is 12.1 Å². The van der Waals surface area contributed by atoms with Gasteiger partial charge in [0, 0.05) is 61.9 Å². The largest absolute Gasteiger partial charge is 0.459 e. The van der Waals surface area contributed by atoms with Crippen LogP contribution in [0.1, 0.15) is 84.8 Å². The Morgan fingerprint density at radius 1 is 1.03 bits per heavy atom. The lowest BCUT2D eigenvalue weighted by Gasteiger charge is -2.60. The van der Waals surface area contributed by atoms with E-state index in [0.717, 1.165) is 11.1 Å². The van der Waals surface area contributed by atoms with E-state index < -0.39 is 40.6 Å². The summed E-state index contributed by atoms with van der Waals surface area (Å²) < 4.78 is 25.9. The third-order valence-corrected chi connectivity index (χ3v) is 12.3. The number of nitriles is 1. The molecule has 352 valence electrons. The molecule has 3 aromatic carbocycles. The first kappa shape index (κ1) is 49.3. The van der Waals surface area contributed by atoms with Crippen LogP contribution in [0.4, 0.5) is 10.5 Å². The molecule has 0 radical (unpaired) electrons. The Morgan fingerprint density at radius 2 is 1.77 bits per heavy atom. The van der Waals surface area contributed by atoms with Crippen LogP contribution in [0.25, 0.3) is 0 Å². The second-order valence-electron chi connectivity index (χ2n) is 16.4. The van der Waals surface area contributed by atoms with E-state index in [9.17, 15) is 35.5 Å². The molecule has 1 saturated carbocycles. The molecule has 1 aliphatic heterocycles. The van der Waals surface area contributed by atoms with E-state index >= 15 is 4.79 Å². The average Bonchev–Trinajstić information content (AvgIpc) is 3.32. The Labute approximate surface area is 384 Å². The fourth-order valence-electron chi connectivity index (χ4n) is 9.48. The van der Waals surface area contributed by atoms with Gasteiger partial charge < -0.3 is 49.3 Å². The molecule has 17 nitrogen and oxygen atoms in total. The van der Waals surface area contributed by atoms with E-state index in [0.29, 0.717) is 73.2 Å². The molecule has 6 rings (SSSR count). The lowest BCUT2D eigenvalue weighted by molar-refractivity contribution is -0.384. The van der Waals surface area contributed by atoms with Crippen molar-refractivity contribution in [2.75, 3.05) is 52.7 Å². The molecule has 6 atom stereocenters. The van der Waals surface area contributed by atoms with Crippen molar-refractivity contribution in [2.45, 2.75) is 76.2 Å². The zero-order valence-corrected chi connectivity index (χ0v) is 37.2. The van der Waals surface area contributed by atoms with Crippen LogP contribution in [0.2, 0.25) is 0 Å². The number of oxime groups is 1. The number of hydrogen-bond acceptors (Lipinski definition) is 14. The monoisotopic (exact) mass is 909 g/mol. The van der Waals surface area contributed by atoms with E-state index in [2.05, 4.69) is 24.0 Å². The fourth-order valence-corrected chi connectivity index (χ4v) is 9.48. The first-order chi connectivity index (χ1) is 32.1. The highest BCUT2D eigenvalue weighted by Crippen LogP contribution is 2.62. The number of unbranched alkanes of at least 4 members (excludes halogenated alkanes) is 2. The van der Waals surface area contributed by atoms with Gasteiger partial charge >= 0.3 is 6.09 Å². The fraction of sp³-hybridized carbons (Fsp3) is 0.469. The molecule has 3 aliphatic rings. The molecule has 17 heteroatoms. The van der Waals surface area contributed by atoms with Crippen LogP contribution in [-0.2, 0) is 20.9 Å². The number of nitro benzene ring substituents is 1. The van der Waals surface area contributed by atoms with Crippen molar-refractivity contribution in [3.63, 3.8) is 0 Å². The minimum absolute atomic E-state index is 0.00342. The molecule has 2 amide bonds. The summed E-state index contributed by atoms with van der Waals surface area (Å²) in [5.74, 6) is -2.60. The summed E-state index contributed by atoms with van der Waals surface area (Å²) in [6.07, 6.45) is 7.15. The topological polar surface area (TPSA) is 236 Å². The summed E-state index contributed by atoms with van der Waals surface area (Å²) in [7, 11) is 0. The summed E-state index contributed by atoms with van der Waals surface area (Å²) in [5, 5.41) is 57.9. The summed E-state index contributed by atoms with van der Waals surface area (Å²) in [6.45, 7) is 5.99. The zero-order valence-electron chi connectivity index (χ0n) is 37.2. The van der Waals surface area contributed by atoms with Gasteiger partial charge in [0.1, 0.15) is 24.1 Å². The number of non-ortho nitro benzene ring substituents is 1. The summed E-state index contributed by atoms with van der Waals surface area (Å²) in [6, 6.07) is 18.6. The molecular formula is C49H59N5O12. The van der Waals surface area contributed by atoms with E-state index in [4.69, 9.17) is 28.9 Å². The van der Waals surface area contributed by atoms with Gasteiger partial charge in [-0.05, 0) is 110 Å². The molecule has 6 unspecified atom stereocenters.